The molecule has 3 rings (SSSR count). The summed E-state index contributed by atoms with van der Waals surface area (Å²) in [7, 11) is 0. The summed E-state index contributed by atoms with van der Waals surface area (Å²) in [4.78, 5) is 11.5. The first-order chi connectivity index (χ1) is 12.6. The van der Waals surface area contributed by atoms with E-state index < -0.39 is 5.60 Å². The zero-order valence-electron chi connectivity index (χ0n) is 16.3. The lowest BCUT2D eigenvalue weighted by molar-refractivity contribution is 0.0778. The van der Waals surface area contributed by atoms with Crippen LogP contribution in [0.2, 0.25) is 0 Å². The molecule has 0 spiro atoms. The van der Waals surface area contributed by atoms with Crippen LogP contribution in [-0.2, 0) is 0 Å². The van der Waals surface area contributed by atoms with Crippen molar-refractivity contribution in [3.63, 3.8) is 0 Å². The Labute approximate surface area is 184 Å². The number of aliphatic imine (C=N–C) groups is 1. The lowest BCUT2D eigenvalue weighted by Gasteiger charge is -2.34. The van der Waals surface area contributed by atoms with Gasteiger partial charge in [0.25, 0.3) is 0 Å². The molecule has 2 fully saturated rings. The van der Waals surface area contributed by atoms with E-state index in [1.807, 2.05) is 18.0 Å². The molecule has 152 valence electrons. The van der Waals surface area contributed by atoms with Crippen molar-refractivity contribution < 1.29 is 5.11 Å². The average Bonchev–Trinajstić information content (AvgIpc) is 3.08. The van der Waals surface area contributed by atoms with E-state index in [0.29, 0.717) is 12.6 Å². The van der Waals surface area contributed by atoms with Gasteiger partial charge in [0.2, 0.25) is 0 Å². The number of thioether (sulfide) groups is 1. The second-order valence-electron chi connectivity index (χ2n) is 7.32. The zero-order chi connectivity index (χ0) is 18.4. The number of aliphatic hydroxyl groups is 1. The molecule has 3 N–H and O–H groups in total. The van der Waals surface area contributed by atoms with Crippen molar-refractivity contribution in [2.45, 2.75) is 44.8 Å². The minimum atomic E-state index is -0.631. The standard InChI is InChI=1S/C19H31N5OS.HI/c1-3-20-18(22-13-19(25)8-11-26-14-19)23-16-6-9-24(10-7-16)17-5-4-15(2)12-21-17;/h4-5,12,16,25H,3,6-11,13-14H2,1-2H3,(H2,20,22,23);1H. The molecule has 0 aliphatic carbocycles. The fourth-order valence-corrected chi connectivity index (χ4v) is 4.64. The van der Waals surface area contributed by atoms with Crippen molar-refractivity contribution >= 4 is 47.5 Å². The molecule has 2 saturated heterocycles. The van der Waals surface area contributed by atoms with Gasteiger partial charge in [-0.15, -0.1) is 24.0 Å². The summed E-state index contributed by atoms with van der Waals surface area (Å²) in [5, 5.41) is 17.4. The average molecular weight is 505 g/mol. The highest BCUT2D eigenvalue weighted by Crippen LogP contribution is 2.27. The number of aromatic nitrogens is 1. The Balaban J connectivity index is 0.00000261. The van der Waals surface area contributed by atoms with Gasteiger partial charge in [0.15, 0.2) is 5.96 Å². The van der Waals surface area contributed by atoms with Crippen LogP contribution in [0.25, 0.3) is 0 Å². The Bertz CT molecular complexity index is 599. The first kappa shape index (κ1) is 22.5. The molecule has 1 aromatic rings. The van der Waals surface area contributed by atoms with Gasteiger partial charge in [-0.3, -0.25) is 4.99 Å². The van der Waals surface area contributed by atoms with Crippen molar-refractivity contribution in [3.05, 3.63) is 23.9 Å². The smallest absolute Gasteiger partial charge is 0.191 e. The van der Waals surface area contributed by atoms with Gasteiger partial charge in [-0.05, 0) is 50.5 Å². The van der Waals surface area contributed by atoms with Crippen LogP contribution in [0, 0.1) is 6.92 Å². The summed E-state index contributed by atoms with van der Waals surface area (Å²) in [6, 6.07) is 4.63. The van der Waals surface area contributed by atoms with Gasteiger partial charge >= 0.3 is 0 Å². The quantitative estimate of drug-likeness (QED) is 0.325. The third-order valence-corrected chi connectivity index (χ3v) is 6.25. The molecule has 0 bridgehead atoms. The van der Waals surface area contributed by atoms with Gasteiger partial charge in [0.05, 0.1) is 12.1 Å². The maximum atomic E-state index is 10.5. The van der Waals surface area contributed by atoms with Crippen LogP contribution in [-0.4, -0.2) is 65.4 Å². The summed E-state index contributed by atoms with van der Waals surface area (Å²) in [6.07, 6.45) is 4.88. The molecule has 6 nitrogen and oxygen atoms in total. The first-order valence-corrected chi connectivity index (χ1v) is 10.8. The van der Waals surface area contributed by atoms with E-state index in [0.717, 1.165) is 62.2 Å². The normalized spacial score (nSPS) is 23.8. The molecule has 2 aliphatic heterocycles. The molecule has 8 heteroatoms. The second kappa shape index (κ2) is 10.7. The van der Waals surface area contributed by atoms with Crippen molar-refractivity contribution in [1.29, 1.82) is 0 Å². The number of hydrogen-bond donors (Lipinski definition) is 3. The maximum absolute atomic E-state index is 10.5. The van der Waals surface area contributed by atoms with E-state index in [9.17, 15) is 5.11 Å². The van der Waals surface area contributed by atoms with Crippen LogP contribution in [0.15, 0.2) is 23.3 Å². The van der Waals surface area contributed by atoms with E-state index in [1.165, 1.54) is 5.56 Å². The Kier molecular flexibility index (Phi) is 8.94. The summed E-state index contributed by atoms with van der Waals surface area (Å²) >= 11 is 1.81. The Morgan fingerprint density at radius 1 is 1.41 bits per heavy atom. The molecule has 0 amide bonds. The van der Waals surface area contributed by atoms with E-state index in [-0.39, 0.29) is 24.0 Å². The number of guanidine groups is 1. The van der Waals surface area contributed by atoms with Crippen molar-refractivity contribution in [2.24, 2.45) is 4.99 Å². The van der Waals surface area contributed by atoms with E-state index >= 15 is 0 Å². The number of halogens is 1. The summed E-state index contributed by atoms with van der Waals surface area (Å²) in [6.45, 7) is 7.42. The van der Waals surface area contributed by atoms with E-state index in [2.05, 4.69) is 51.5 Å². The maximum Gasteiger partial charge on any atom is 0.191 e. The minimum Gasteiger partial charge on any atom is -0.387 e. The summed E-state index contributed by atoms with van der Waals surface area (Å²) in [5.41, 5.74) is 0.562. The summed E-state index contributed by atoms with van der Waals surface area (Å²) in [5.74, 6) is 3.71. The van der Waals surface area contributed by atoms with Gasteiger partial charge in [-0.25, -0.2) is 4.98 Å². The highest BCUT2D eigenvalue weighted by molar-refractivity contribution is 14.0. The van der Waals surface area contributed by atoms with Gasteiger partial charge in [0, 0.05) is 37.6 Å². The predicted octanol–water partition coefficient (Wildman–Crippen LogP) is 2.40. The minimum absolute atomic E-state index is 0. The van der Waals surface area contributed by atoms with Crippen LogP contribution in [0.5, 0.6) is 0 Å². The lowest BCUT2D eigenvalue weighted by atomic mass is 10.0. The molecule has 0 radical (unpaired) electrons. The Morgan fingerprint density at radius 2 is 2.19 bits per heavy atom. The Hall–Kier alpha value is -0.740. The Morgan fingerprint density at radius 3 is 2.78 bits per heavy atom. The number of rotatable bonds is 5. The number of anilines is 1. The molecule has 27 heavy (non-hydrogen) atoms. The van der Waals surface area contributed by atoms with Gasteiger partial charge in [-0.2, -0.15) is 11.8 Å². The third-order valence-electron chi connectivity index (χ3n) is 5.01. The molecule has 1 unspecified atom stereocenters. The van der Waals surface area contributed by atoms with Crippen molar-refractivity contribution in [1.82, 2.24) is 15.6 Å². The number of nitrogens with one attached hydrogen (secondary N) is 2. The molecule has 1 aromatic heterocycles. The highest BCUT2D eigenvalue weighted by Gasteiger charge is 2.31. The fraction of sp³-hybridized carbons (Fsp3) is 0.684. The number of piperidine rings is 1. The van der Waals surface area contributed by atoms with Crippen LogP contribution in [0.1, 0.15) is 31.7 Å². The van der Waals surface area contributed by atoms with E-state index in [4.69, 9.17) is 0 Å². The molecule has 0 aromatic carbocycles. The molecule has 2 aliphatic rings. The molecule has 1 atom stereocenters. The largest absolute Gasteiger partial charge is 0.387 e. The third kappa shape index (κ3) is 6.67. The molecule has 3 heterocycles. The highest BCUT2D eigenvalue weighted by atomic mass is 127. The van der Waals surface area contributed by atoms with Crippen LogP contribution >= 0.6 is 35.7 Å². The predicted molar refractivity (Wildman–Crippen MR) is 126 cm³/mol. The fourth-order valence-electron chi connectivity index (χ4n) is 3.36. The van der Waals surface area contributed by atoms with Crippen molar-refractivity contribution in [2.75, 3.05) is 42.6 Å². The van der Waals surface area contributed by atoms with Crippen LogP contribution in [0.3, 0.4) is 0 Å². The SMILES string of the molecule is CCNC(=NCC1(O)CCSC1)NC1CCN(c2ccc(C)cn2)CC1.I. The number of hydrogen-bond acceptors (Lipinski definition) is 5. The van der Waals surface area contributed by atoms with Crippen LogP contribution in [0.4, 0.5) is 5.82 Å². The van der Waals surface area contributed by atoms with Crippen LogP contribution < -0.4 is 15.5 Å². The second-order valence-corrected chi connectivity index (χ2v) is 8.43. The van der Waals surface area contributed by atoms with Crippen molar-refractivity contribution in [3.8, 4) is 0 Å². The van der Waals surface area contributed by atoms with Gasteiger partial charge in [0.1, 0.15) is 5.82 Å². The lowest BCUT2D eigenvalue weighted by Crippen LogP contribution is -2.49. The number of nitrogens with zero attached hydrogens (tertiary/aromatic N) is 3. The van der Waals surface area contributed by atoms with Gasteiger partial charge in [-0.1, -0.05) is 6.07 Å². The number of aryl methyl sites for hydroxylation is 1. The van der Waals surface area contributed by atoms with Gasteiger partial charge < -0.3 is 20.6 Å². The number of pyridine rings is 1. The topological polar surface area (TPSA) is 72.8 Å². The van der Waals surface area contributed by atoms with E-state index in [1.54, 1.807) is 0 Å². The molecular formula is C19H32IN5OS. The zero-order valence-corrected chi connectivity index (χ0v) is 19.4. The monoisotopic (exact) mass is 505 g/mol. The summed E-state index contributed by atoms with van der Waals surface area (Å²) < 4.78 is 0. The molecule has 0 saturated carbocycles. The molecular weight excluding hydrogens is 473 g/mol. The first-order valence-electron chi connectivity index (χ1n) is 9.60.